The van der Waals surface area contributed by atoms with Gasteiger partial charge in [-0.25, -0.2) is 0 Å². The minimum Gasteiger partial charge on any atom is -0.300 e. The molecule has 2 saturated carbocycles. The lowest BCUT2D eigenvalue weighted by Gasteiger charge is -2.50. The van der Waals surface area contributed by atoms with Gasteiger partial charge in [0.1, 0.15) is 0 Å². The molecule has 2 aliphatic heterocycles. The molecule has 0 aromatic heterocycles. The third-order valence-electron chi connectivity index (χ3n) is 10.1. The molecule has 4 atom stereocenters. The largest absolute Gasteiger partial charge is 0.300 e. The van der Waals surface area contributed by atoms with E-state index in [1.165, 1.54) is 77.5 Å². The summed E-state index contributed by atoms with van der Waals surface area (Å²) in [7, 11) is 0. The fourth-order valence-corrected chi connectivity index (χ4v) is 9.23. The predicted molar refractivity (Wildman–Crippen MR) is 130 cm³/mol. The van der Waals surface area contributed by atoms with Crippen LogP contribution in [0.3, 0.4) is 0 Å². The predicted octanol–water partition coefficient (Wildman–Crippen LogP) is 6.55. The van der Waals surface area contributed by atoms with Crippen LogP contribution < -0.4 is 0 Å². The number of rotatable bonds is 3. The Labute approximate surface area is 188 Å². The van der Waals surface area contributed by atoms with E-state index in [1.54, 1.807) is 0 Å². The highest BCUT2D eigenvalue weighted by Crippen LogP contribution is 2.41. The van der Waals surface area contributed by atoms with Gasteiger partial charge in [0.05, 0.1) is 0 Å². The molecule has 2 heterocycles. The van der Waals surface area contributed by atoms with Crippen molar-refractivity contribution >= 4 is 0 Å². The highest BCUT2D eigenvalue weighted by atomic mass is 15.2. The van der Waals surface area contributed by atoms with Gasteiger partial charge in [-0.1, -0.05) is 41.5 Å². The zero-order valence-electron chi connectivity index (χ0n) is 21.2. The lowest BCUT2D eigenvalue weighted by atomic mass is 9.71. The van der Waals surface area contributed by atoms with E-state index in [0.29, 0.717) is 0 Å². The molecule has 4 fully saturated rings. The molecule has 4 unspecified atom stereocenters. The van der Waals surface area contributed by atoms with E-state index in [0.717, 1.165) is 59.4 Å². The Balaban J connectivity index is 1.25. The quantitative estimate of drug-likeness (QED) is 0.514. The molecular weight excluding hydrogens is 364 g/mol. The third-order valence-corrected chi connectivity index (χ3v) is 10.1. The first-order chi connectivity index (χ1) is 14.3. The maximum atomic E-state index is 2.92. The van der Waals surface area contributed by atoms with E-state index in [1.807, 2.05) is 0 Å². The average molecular weight is 417 g/mol. The summed E-state index contributed by atoms with van der Waals surface area (Å²) in [4.78, 5) is 5.83. The Morgan fingerprint density at radius 1 is 0.433 bits per heavy atom. The van der Waals surface area contributed by atoms with Crippen molar-refractivity contribution in [3.05, 3.63) is 0 Å². The summed E-state index contributed by atoms with van der Waals surface area (Å²) >= 11 is 0. The van der Waals surface area contributed by atoms with Crippen molar-refractivity contribution in [3.8, 4) is 0 Å². The van der Waals surface area contributed by atoms with E-state index in [4.69, 9.17) is 0 Å². The molecule has 4 rings (SSSR count). The minimum absolute atomic E-state index is 0.862. The molecule has 2 saturated heterocycles. The molecule has 0 aromatic rings. The van der Waals surface area contributed by atoms with Gasteiger partial charge in [-0.3, -0.25) is 9.80 Å². The summed E-state index contributed by atoms with van der Waals surface area (Å²) < 4.78 is 0. The van der Waals surface area contributed by atoms with Crippen LogP contribution >= 0.6 is 0 Å². The van der Waals surface area contributed by atoms with Crippen LogP contribution in [0.15, 0.2) is 0 Å². The van der Waals surface area contributed by atoms with Gasteiger partial charge in [-0.2, -0.15) is 0 Å². The van der Waals surface area contributed by atoms with Crippen LogP contribution in [0.2, 0.25) is 0 Å². The Morgan fingerprint density at radius 3 is 0.967 bits per heavy atom. The molecule has 2 heteroatoms. The number of nitrogens with zero attached hydrogens (tertiary/aromatic N) is 2. The molecule has 4 aliphatic rings. The second-order valence-corrected chi connectivity index (χ2v) is 12.8. The van der Waals surface area contributed by atoms with Crippen molar-refractivity contribution in [3.63, 3.8) is 0 Å². The molecule has 0 N–H and O–H groups in total. The van der Waals surface area contributed by atoms with Gasteiger partial charge >= 0.3 is 0 Å². The van der Waals surface area contributed by atoms with Crippen LogP contribution in [-0.4, -0.2) is 48.1 Å². The van der Waals surface area contributed by atoms with Crippen LogP contribution in [0.5, 0.6) is 0 Å². The first-order valence-corrected chi connectivity index (χ1v) is 13.8. The summed E-state index contributed by atoms with van der Waals surface area (Å²) in [5, 5.41) is 0. The average Bonchev–Trinajstić information content (AvgIpc) is 2.67. The molecule has 0 bridgehead atoms. The van der Waals surface area contributed by atoms with E-state index in [-0.39, 0.29) is 0 Å². The normalized spacial score (nSPS) is 46.2. The van der Waals surface area contributed by atoms with Crippen LogP contribution in [0, 0.1) is 47.3 Å². The van der Waals surface area contributed by atoms with Gasteiger partial charge < -0.3 is 0 Å². The van der Waals surface area contributed by atoms with Crippen molar-refractivity contribution in [2.45, 2.75) is 105 Å². The van der Waals surface area contributed by atoms with Crippen molar-refractivity contribution in [2.24, 2.45) is 47.3 Å². The molecule has 0 spiro atoms. The van der Waals surface area contributed by atoms with E-state index in [2.05, 4.69) is 51.3 Å². The van der Waals surface area contributed by atoms with Crippen LogP contribution in [0.4, 0.5) is 0 Å². The van der Waals surface area contributed by atoms with E-state index >= 15 is 0 Å². The fourth-order valence-electron chi connectivity index (χ4n) is 9.23. The van der Waals surface area contributed by atoms with Crippen molar-refractivity contribution in [2.75, 3.05) is 26.2 Å². The van der Waals surface area contributed by atoms with Gasteiger partial charge in [0.15, 0.2) is 0 Å². The van der Waals surface area contributed by atoms with Crippen LogP contribution in [-0.2, 0) is 0 Å². The fraction of sp³-hybridized carbons (Fsp3) is 1.00. The van der Waals surface area contributed by atoms with Gasteiger partial charge in [-0.15, -0.1) is 0 Å². The SMILES string of the molecule is CC1CC(C)C(N2CCC(C3CCN(C4C(C)CC(C)CC4C)CC3)CC2)C(C)C1. The Hall–Kier alpha value is -0.0800. The highest BCUT2D eigenvalue weighted by Gasteiger charge is 2.40. The summed E-state index contributed by atoms with van der Waals surface area (Å²) in [5.41, 5.74) is 0. The molecule has 30 heavy (non-hydrogen) atoms. The Kier molecular flexibility index (Phi) is 7.56. The summed E-state index contributed by atoms with van der Waals surface area (Å²) in [6.07, 6.45) is 11.7. The zero-order chi connectivity index (χ0) is 21.4. The van der Waals surface area contributed by atoms with E-state index in [9.17, 15) is 0 Å². The molecule has 174 valence electrons. The topological polar surface area (TPSA) is 6.48 Å². The molecule has 0 aromatic carbocycles. The number of piperidine rings is 2. The standard InChI is InChI=1S/C28H52N2/c1-19-15-21(3)27(22(4)16-19)29-11-7-25(8-12-29)26-9-13-30(14-10-26)28-23(5)17-20(2)18-24(28)6/h19-28H,7-18H2,1-6H3. The summed E-state index contributed by atoms with van der Waals surface area (Å²) in [6.45, 7) is 20.6. The minimum atomic E-state index is 0.862. The molecule has 0 amide bonds. The summed E-state index contributed by atoms with van der Waals surface area (Å²) in [6, 6.07) is 1.72. The van der Waals surface area contributed by atoms with Crippen molar-refractivity contribution in [1.29, 1.82) is 0 Å². The molecule has 0 radical (unpaired) electrons. The Bertz CT molecular complexity index is 459. The smallest absolute Gasteiger partial charge is 0.0147 e. The van der Waals surface area contributed by atoms with Gasteiger partial charge in [0.2, 0.25) is 0 Å². The first-order valence-electron chi connectivity index (χ1n) is 13.8. The lowest BCUT2D eigenvalue weighted by Crippen LogP contribution is -2.53. The van der Waals surface area contributed by atoms with Crippen LogP contribution in [0.1, 0.15) is 92.9 Å². The van der Waals surface area contributed by atoms with E-state index < -0.39 is 0 Å². The molecule has 2 aliphatic carbocycles. The van der Waals surface area contributed by atoms with Gasteiger partial charge in [0.25, 0.3) is 0 Å². The third kappa shape index (κ3) is 4.95. The monoisotopic (exact) mass is 416 g/mol. The maximum absolute atomic E-state index is 2.92. The number of hydrogen-bond acceptors (Lipinski definition) is 2. The Morgan fingerprint density at radius 2 is 0.700 bits per heavy atom. The zero-order valence-corrected chi connectivity index (χ0v) is 21.2. The molecule has 2 nitrogen and oxygen atoms in total. The van der Waals surface area contributed by atoms with Gasteiger partial charge in [-0.05, 0) is 125 Å². The maximum Gasteiger partial charge on any atom is 0.0147 e. The number of hydrogen-bond donors (Lipinski definition) is 0. The molecular formula is C28H52N2. The summed E-state index contributed by atoms with van der Waals surface area (Å²) in [5.74, 6) is 7.47. The van der Waals surface area contributed by atoms with Crippen molar-refractivity contribution in [1.82, 2.24) is 9.80 Å². The number of likely N-dealkylation sites (tertiary alicyclic amines) is 2. The highest BCUT2D eigenvalue weighted by molar-refractivity contribution is 4.93. The van der Waals surface area contributed by atoms with Gasteiger partial charge in [0, 0.05) is 12.1 Å². The van der Waals surface area contributed by atoms with Crippen LogP contribution in [0.25, 0.3) is 0 Å². The lowest BCUT2D eigenvalue weighted by molar-refractivity contribution is -0.00453. The second-order valence-electron chi connectivity index (χ2n) is 12.8. The first kappa shape index (κ1) is 23.1. The van der Waals surface area contributed by atoms with Crippen molar-refractivity contribution < 1.29 is 0 Å². The second kappa shape index (κ2) is 9.82.